The van der Waals surface area contributed by atoms with E-state index in [9.17, 15) is 0 Å². The first-order chi connectivity index (χ1) is 7.97. The van der Waals surface area contributed by atoms with Crippen LogP contribution < -0.4 is 5.73 Å². The highest BCUT2D eigenvalue weighted by Crippen LogP contribution is 2.34. The Morgan fingerprint density at radius 3 is 2.53 bits per heavy atom. The highest BCUT2D eigenvalue weighted by molar-refractivity contribution is 9.10. The monoisotopic (exact) mass is 310 g/mol. The summed E-state index contributed by atoms with van der Waals surface area (Å²) in [5.41, 5.74) is 9.35. The third-order valence-corrected chi connectivity index (χ3v) is 4.43. The van der Waals surface area contributed by atoms with Crippen LogP contribution in [0.25, 0.3) is 0 Å². The SMILES string of the molecule is Cc1cc(Br)cc(C(C)c2sc(N)nc2C)c1. The molecule has 0 saturated carbocycles. The number of nitrogens with two attached hydrogens (primary N) is 1. The molecular formula is C13H15BrN2S. The molecule has 0 saturated heterocycles. The summed E-state index contributed by atoms with van der Waals surface area (Å²) in [7, 11) is 0. The van der Waals surface area contributed by atoms with Crippen molar-refractivity contribution in [3.8, 4) is 0 Å². The summed E-state index contributed by atoms with van der Waals surface area (Å²) in [4.78, 5) is 5.54. The molecule has 0 amide bonds. The van der Waals surface area contributed by atoms with Crippen molar-refractivity contribution in [3.05, 3.63) is 44.4 Å². The molecule has 2 nitrogen and oxygen atoms in total. The van der Waals surface area contributed by atoms with E-state index in [1.165, 1.54) is 16.0 Å². The molecule has 0 aliphatic rings. The summed E-state index contributed by atoms with van der Waals surface area (Å²) >= 11 is 5.12. The maximum Gasteiger partial charge on any atom is 0.180 e. The number of hydrogen-bond donors (Lipinski definition) is 1. The summed E-state index contributed by atoms with van der Waals surface area (Å²) < 4.78 is 1.12. The molecule has 4 heteroatoms. The first kappa shape index (κ1) is 12.6. The predicted molar refractivity (Wildman–Crippen MR) is 77.7 cm³/mol. The number of rotatable bonds is 2. The average Bonchev–Trinajstić information content (AvgIpc) is 2.55. The Morgan fingerprint density at radius 2 is 2.00 bits per heavy atom. The zero-order valence-electron chi connectivity index (χ0n) is 10.1. The molecule has 17 heavy (non-hydrogen) atoms. The molecule has 0 fully saturated rings. The van der Waals surface area contributed by atoms with Crippen LogP contribution in [0.2, 0.25) is 0 Å². The Balaban J connectivity index is 2.43. The van der Waals surface area contributed by atoms with E-state index in [0.29, 0.717) is 11.0 Å². The first-order valence-electron chi connectivity index (χ1n) is 5.47. The van der Waals surface area contributed by atoms with E-state index in [1.54, 1.807) is 11.3 Å². The first-order valence-corrected chi connectivity index (χ1v) is 7.08. The molecule has 1 aromatic carbocycles. The molecule has 2 rings (SSSR count). The van der Waals surface area contributed by atoms with Gasteiger partial charge in [0.05, 0.1) is 5.69 Å². The van der Waals surface area contributed by atoms with Crippen molar-refractivity contribution in [3.63, 3.8) is 0 Å². The van der Waals surface area contributed by atoms with Gasteiger partial charge in [-0.25, -0.2) is 4.98 Å². The van der Waals surface area contributed by atoms with Gasteiger partial charge >= 0.3 is 0 Å². The number of aryl methyl sites for hydroxylation is 2. The van der Waals surface area contributed by atoms with Gasteiger partial charge in [-0.2, -0.15) is 0 Å². The lowest BCUT2D eigenvalue weighted by atomic mass is 9.97. The second kappa shape index (κ2) is 4.78. The zero-order valence-corrected chi connectivity index (χ0v) is 12.5. The second-order valence-electron chi connectivity index (χ2n) is 4.29. The van der Waals surface area contributed by atoms with E-state index in [0.717, 1.165) is 10.2 Å². The highest BCUT2D eigenvalue weighted by atomic mass is 79.9. The minimum absolute atomic E-state index is 0.334. The van der Waals surface area contributed by atoms with E-state index in [1.807, 2.05) is 6.92 Å². The molecule has 2 N–H and O–H groups in total. The molecule has 1 unspecified atom stereocenters. The van der Waals surface area contributed by atoms with Crippen LogP contribution in [0.4, 0.5) is 5.13 Å². The third-order valence-electron chi connectivity index (χ3n) is 2.81. The minimum Gasteiger partial charge on any atom is -0.375 e. The minimum atomic E-state index is 0.334. The smallest absolute Gasteiger partial charge is 0.180 e. The molecule has 0 aliphatic carbocycles. The fraction of sp³-hybridized carbons (Fsp3) is 0.308. The number of nitrogen functional groups attached to an aromatic ring is 1. The maximum atomic E-state index is 5.75. The number of benzene rings is 1. The highest BCUT2D eigenvalue weighted by Gasteiger charge is 2.15. The summed E-state index contributed by atoms with van der Waals surface area (Å²) in [5, 5.41) is 0.649. The van der Waals surface area contributed by atoms with Crippen LogP contribution in [-0.4, -0.2) is 4.98 Å². The molecule has 0 radical (unpaired) electrons. The van der Waals surface area contributed by atoms with Crippen molar-refractivity contribution in [2.75, 3.05) is 5.73 Å². The van der Waals surface area contributed by atoms with E-state index in [4.69, 9.17) is 5.73 Å². The van der Waals surface area contributed by atoms with Crippen LogP contribution in [0.15, 0.2) is 22.7 Å². The Morgan fingerprint density at radius 1 is 1.29 bits per heavy atom. The molecule has 0 spiro atoms. The topological polar surface area (TPSA) is 38.9 Å². The second-order valence-corrected chi connectivity index (χ2v) is 6.26. The molecule has 0 aliphatic heterocycles. The quantitative estimate of drug-likeness (QED) is 0.900. The normalized spacial score (nSPS) is 12.7. The van der Waals surface area contributed by atoms with Crippen LogP contribution in [-0.2, 0) is 0 Å². The molecule has 2 aromatic rings. The molecule has 1 atom stereocenters. The average molecular weight is 311 g/mol. The standard InChI is InChI=1S/C13H15BrN2S/c1-7-4-10(6-11(14)5-7)8(2)12-9(3)16-13(15)17-12/h4-6,8H,1-3H3,(H2,15,16). The van der Waals surface area contributed by atoms with Gasteiger partial charge < -0.3 is 5.73 Å². The largest absolute Gasteiger partial charge is 0.375 e. The summed E-state index contributed by atoms with van der Waals surface area (Å²) in [6.45, 7) is 6.32. The van der Waals surface area contributed by atoms with Crippen LogP contribution in [0.5, 0.6) is 0 Å². The molecule has 0 bridgehead atoms. The van der Waals surface area contributed by atoms with Gasteiger partial charge in [0.15, 0.2) is 5.13 Å². The number of halogens is 1. The van der Waals surface area contributed by atoms with Crippen LogP contribution in [0.3, 0.4) is 0 Å². The summed E-state index contributed by atoms with van der Waals surface area (Å²) in [5.74, 6) is 0.334. The van der Waals surface area contributed by atoms with Gasteiger partial charge in [-0.05, 0) is 37.1 Å². The van der Waals surface area contributed by atoms with Crippen molar-refractivity contribution in [1.82, 2.24) is 4.98 Å². The van der Waals surface area contributed by atoms with Crippen molar-refractivity contribution in [1.29, 1.82) is 0 Å². The van der Waals surface area contributed by atoms with Gasteiger partial charge in [0.25, 0.3) is 0 Å². The van der Waals surface area contributed by atoms with Crippen molar-refractivity contribution < 1.29 is 0 Å². The molecule has 1 aromatic heterocycles. The molecule has 90 valence electrons. The summed E-state index contributed by atoms with van der Waals surface area (Å²) in [6, 6.07) is 6.49. The van der Waals surface area contributed by atoms with E-state index < -0.39 is 0 Å². The van der Waals surface area contributed by atoms with E-state index in [2.05, 4.69) is 53.0 Å². The Labute approximate surface area is 114 Å². The Hall–Kier alpha value is -0.870. The van der Waals surface area contributed by atoms with Crippen molar-refractivity contribution in [2.24, 2.45) is 0 Å². The number of anilines is 1. The fourth-order valence-electron chi connectivity index (χ4n) is 2.00. The van der Waals surface area contributed by atoms with E-state index >= 15 is 0 Å². The zero-order chi connectivity index (χ0) is 12.6. The van der Waals surface area contributed by atoms with Crippen LogP contribution in [0.1, 0.15) is 34.5 Å². The lowest BCUT2D eigenvalue weighted by Crippen LogP contribution is -1.96. The number of aromatic nitrogens is 1. The Bertz CT molecular complexity index is 528. The van der Waals surface area contributed by atoms with Gasteiger partial charge in [-0.1, -0.05) is 28.9 Å². The third kappa shape index (κ3) is 2.69. The van der Waals surface area contributed by atoms with Crippen molar-refractivity contribution in [2.45, 2.75) is 26.7 Å². The van der Waals surface area contributed by atoms with Gasteiger partial charge in [0, 0.05) is 15.3 Å². The lowest BCUT2D eigenvalue weighted by Gasteiger charge is -2.12. The van der Waals surface area contributed by atoms with Crippen LogP contribution >= 0.6 is 27.3 Å². The lowest BCUT2D eigenvalue weighted by molar-refractivity contribution is 0.923. The predicted octanol–water partition coefficient (Wildman–Crippen LogP) is 4.26. The van der Waals surface area contributed by atoms with Gasteiger partial charge in [-0.15, -0.1) is 11.3 Å². The maximum absolute atomic E-state index is 5.75. The number of hydrogen-bond acceptors (Lipinski definition) is 3. The van der Waals surface area contributed by atoms with Crippen molar-refractivity contribution >= 4 is 32.4 Å². The number of nitrogens with zero attached hydrogens (tertiary/aromatic N) is 1. The van der Waals surface area contributed by atoms with Gasteiger partial charge in [0.1, 0.15) is 0 Å². The van der Waals surface area contributed by atoms with Gasteiger partial charge in [-0.3, -0.25) is 0 Å². The number of thiazole rings is 1. The van der Waals surface area contributed by atoms with E-state index in [-0.39, 0.29) is 0 Å². The fourth-order valence-corrected chi connectivity index (χ4v) is 3.54. The Kier molecular flexibility index (Phi) is 3.54. The summed E-state index contributed by atoms with van der Waals surface area (Å²) in [6.07, 6.45) is 0. The molecular weight excluding hydrogens is 296 g/mol. The van der Waals surface area contributed by atoms with Gasteiger partial charge in [0.2, 0.25) is 0 Å². The molecule has 1 heterocycles. The van der Waals surface area contributed by atoms with Crippen LogP contribution in [0, 0.1) is 13.8 Å².